The lowest BCUT2D eigenvalue weighted by Crippen LogP contribution is -2.44. The summed E-state index contributed by atoms with van der Waals surface area (Å²) < 4.78 is 0. The summed E-state index contributed by atoms with van der Waals surface area (Å²) in [5.41, 5.74) is 0.671. The number of hydrogen-bond acceptors (Lipinski definition) is 4. The summed E-state index contributed by atoms with van der Waals surface area (Å²) in [5.74, 6) is -1.45. The van der Waals surface area contributed by atoms with Gasteiger partial charge in [-0.15, -0.1) is 11.3 Å². The highest BCUT2D eigenvalue weighted by Gasteiger charge is 2.27. The number of amides is 1. The molecule has 0 aliphatic carbocycles. The molecule has 2 atom stereocenters. The molecule has 6 heteroatoms. The van der Waals surface area contributed by atoms with Gasteiger partial charge >= 0.3 is 5.97 Å². The van der Waals surface area contributed by atoms with Crippen molar-refractivity contribution in [3.8, 4) is 0 Å². The van der Waals surface area contributed by atoms with E-state index >= 15 is 0 Å². The van der Waals surface area contributed by atoms with Crippen molar-refractivity contribution in [3.05, 3.63) is 15.6 Å². The molecule has 0 saturated heterocycles. The topological polar surface area (TPSA) is 79.3 Å². The van der Waals surface area contributed by atoms with Crippen molar-refractivity contribution in [2.45, 2.75) is 53.0 Å². The molecule has 0 spiro atoms. The third-order valence-corrected chi connectivity index (χ3v) is 4.49. The molecular formula is C14H22N2O3S. The summed E-state index contributed by atoms with van der Waals surface area (Å²) in [4.78, 5) is 28.3. The van der Waals surface area contributed by atoms with Crippen LogP contribution in [-0.2, 0) is 11.2 Å². The van der Waals surface area contributed by atoms with Crippen LogP contribution >= 0.6 is 11.3 Å². The van der Waals surface area contributed by atoms with Crippen molar-refractivity contribution in [1.29, 1.82) is 0 Å². The molecule has 0 fully saturated rings. The summed E-state index contributed by atoms with van der Waals surface area (Å²) in [6.07, 6.45) is 2.51. The quantitative estimate of drug-likeness (QED) is 0.811. The number of rotatable bonds is 7. The second-order valence-electron chi connectivity index (χ2n) is 4.95. The number of thiazole rings is 1. The van der Waals surface area contributed by atoms with Crippen molar-refractivity contribution >= 4 is 23.2 Å². The summed E-state index contributed by atoms with van der Waals surface area (Å²) in [6.45, 7) is 7.56. The van der Waals surface area contributed by atoms with Crippen LogP contribution in [0.25, 0.3) is 0 Å². The number of nitrogens with one attached hydrogen (secondary N) is 1. The van der Waals surface area contributed by atoms with E-state index in [1.165, 1.54) is 11.3 Å². The Morgan fingerprint density at radius 2 is 2.05 bits per heavy atom. The van der Waals surface area contributed by atoms with E-state index in [0.717, 1.165) is 17.8 Å². The first-order valence-electron chi connectivity index (χ1n) is 6.90. The zero-order valence-electron chi connectivity index (χ0n) is 12.4. The number of carboxylic acids is 1. The minimum absolute atomic E-state index is 0.111. The molecule has 0 aromatic carbocycles. The number of aromatic nitrogens is 1. The minimum Gasteiger partial charge on any atom is -0.480 e. The summed E-state index contributed by atoms with van der Waals surface area (Å²) in [7, 11) is 0. The van der Waals surface area contributed by atoms with Crippen LogP contribution in [0.1, 0.15) is 54.0 Å². The van der Waals surface area contributed by atoms with Crippen molar-refractivity contribution in [1.82, 2.24) is 10.3 Å². The van der Waals surface area contributed by atoms with Crippen LogP contribution in [0.15, 0.2) is 0 Å². The van der Waals surface area contributed by atoms with Crippen molar-refractivity contribution in [2.24, 2.45) is 5.92 Å². The number of carboxylic acid groups (broad SMARTS) is 1. The maximum Gasteiger partial charge on any atom is 0.326 e. The fourth-order valence-electron chi connectivity index (χ4n) is 1.87. The molecule has 1 aromatic rings. The Kier molecular flexibility index (Phi) is 6.13. The van der Waals surface area contributed by atoms with Gasteiger partial charge in [0.05, 0.1) is 10.7 Å². The van der Waals surface area contributed by atoms with E-state index in [1.54, 1.807) is 6.92 Å². The summed E-state index contributed by atoms with van der Waals surface area (Å²) in [5, 5.41) is 12.7. The van der Waals surface area contributed by atoms with Gasteiger partial charge in [-0.1, -0.05) is 27.2 Å². The van der Waals surface area contributed by atoms with Gasteiger partial charge in [-0.3, -0.25) is 4.79 Å². The van der Waals surface area contributed by atoms with Gasteiger partial charge in [-0.05, 0) is 25.7 Å². The highest BCUT2D eigenvalue weighted by atomic mass is 32.1. The highest BCUT2D eigenvalue weighted by Crippen LogP contribution is 2.20. The standard InChI is InChI=1S/C14H22N2O3S/c1-5-7-10-15-9(4)12(20-10)13(17)16-11(14(18)19)8(3)6-2/h8,11H,5-7H2,1-4H3,(H,16,17)(H,18,19). The van der Waals surface area contributed by atoms with E-state index in [0.29, 0.717) is 17.0 Å². The average molecular weight is 298 g/mol. The SMILES string of the molecule is CCCc1nc(C)c(C(=O)NC(C(=O)O)C(C)CC)s1. The molecule has 20 heavy (non-hydrogen) atoms. The Labute approximate surface area is 123 Å². The Morgan fingerprint density at radius 1 is 1.40 bits per heavy atom. The lowest BCUT2D eigenvalue weighted by Gasteiger charge is -2.19. The first-order chi connectivity index (χ1) is 9.40. The summed E-state index contributed by atoms with van der Waals surface area (Å²) in [6, 6.07) is -0.858. The Morgan fingerprint density at radius 3 is 2.55 bits per heavy atom. The molecule has 1 aromatic heterocycles. The molecule has 0 radical (unpaired) electrons. The predicted octanol–water partition coefficient (Wildman–Crippen LogP) is 2.63. The van der Waals surface area contributed by atoms with E-state index in [4.69, 9.17) is 0 Å². The Bertz CT molecular complexity index is 485. The molecule has 2 N–H and O–H groups in total. The van der Waals surface area contributed by atoms with E-state index in [9.17, 15) is 14.7 Å². The lowest BCUT2D eigenvalue weighted by molar-refractivity contribution is -0.140. The number of carbonyl (C=O) groups is 2. The van der Waals surface area contributed by atoms with Gasteiger partial charge in [0.2, 0.25) is 0 Å². The fourth-order valence-corrected chi connectivity index (χ4v) is 2.94. The molecule has 1 rings (SSSR count). The number of carbonyl (C=O) groups excluding carboxylic acids is 1. The Balaban J connectivity index is 2.86. The smallest absolute Gasteiger partial charge is 0.326 e. The van der Waals surface area contributed by atoms with Gasteiger partial charge in [0, 0.05) is 0 Å². The maximum atomic E-state index is 12.2. The zero-order chi connectivity index (χ0) is 15.3. The van der Waals surface area contributed by atoms with Gasteiger partial charge < -0.3 is 10.4 Å². The third-order valence-electron chi connectivity index (χ3n) is 3.28. The summed E-state index contributed by atoms with van der Waals surface area (Å²) >= 11 is 1.35. The van der Waals surface area contributed by atoms with Gasteiger partial charge in [-0.25, -0.2) is 9.78 Å². The van der Waals surface area contributed by atoms with E-state index in [-0.39, 0.29) is 11.8 Å². The number of nitrogens with zero attached hydrogens (tertiary/aromatic N) is 1. The fraction of sp³-hybridized carbons (Fsp3) is 0.643. The predicted molar refractivity (Wildman–Crippen MR) is 79.2 cm³/mol. The molecule has 2 unspecified atom stereocenters. The second kappa shape index (κ2) is 7.38. The van der Waals surface area contributed by atoms with Crippen LogP contribution in [0.3, 0.4) is 0 Å². The van der Waals surface area contributed by atoms with Crippen molar-refractivity contribution < 1.29 is 14.7 Å². The molecular weight excluding hydrogens is 276 g/mol. The zero-order valence-corrected chi connectivity index (χ0v) is 13.2. The minimum atomic E-state index is -0.997. The molecule has 1 amide bonds. The molecule has 0 saturated carbocycles. The molecule has 0 aliphatic heterocycles. The largest absolute Gasteiger partial charge is 0.480 e. The molecule has 112 valence electrons. The average Bonchev–Trinajstić information content (AvgIpc) is 2.76. The molecule has 1 heterocycles. The number of aliphatic carboxylic acids is 1. The Hall–Kier alpha value is -1.43. The van der Waals surface area contributed by atoms with Gasteiger partial charge in [0.1, 0.15) is 10.9 Å². The van der Waals surface area contributed by atoms with Gasteiger partial charge in [0.15, 0.2) is 0 Å². The van der Waals surface area contributed by atoms with Crippen molar-refractivity contribution in [2.75, 3.05) is 0 Å². The van der Waals surface area contributed by atoms with E-state index < -0.39 is 12.0 Å². The molecule has 0 bridgehead atoms. The maximum absolute atomic E-state index is 12.2. The van der Waals surface area contributed by atoms with Crippen LogP contribution in [0.2, 0.25) is 0 Å². The van der Waals surface area contributed by atoms with Crippen LogP contribution in [-0.4, -0.2) is 28.0 Å². The second-order valence-corrected chi connectivity index (χ2v) is 6.03. The van der Waals surface area contributed by atoms with Gasteiger partial charge in [-0.2, -0.15) is 0 Å². The van der Waals surface area contributed by atoms with Crippen LogP contribution in [0.5, 0.6) is 0 Å². The van der Waals surface area contributed by atoms with Crippen molar-refractivity contribution in [3.63, 3.8) is 0 Å². The first-order valence-corrected chi connectivity index (χ1v) is 7.72. The molecule has 5 nitrogen and oxygen atoms in total. The van der Waals surface area contributed by atoms with Crippen LogP contribution in [0.4, 0.5) is 0 Å². The third kappa shape index (κ3) is 4.03. The van der Waals surface area contributed by atoms with Crippen LogP contribution < -0.4 is 5.32 Å². The molecule has 0 aliphatic rings. The van der Waals surface area contributed by atoms with E-state index in [2.05, 4.69) is 17.2 Å². The first kappa shape index (κ1) is 16.6. The normalized spacial score (nSPS) is 13.8. The lowest BCUT2D eigenvalue weighted by atomic mass is 9.99. The van der Waals surface area contributed by atoms with Gasteiger partial charge in [0.25, 0.3) is 5.91 Å². The highest BCUT2D eigenvalue weighted by molar-refractivity contribution is 7.13. The van der Waals surface area contributed by atoms with Crippen LogP contribution in [0, 0.1) is 12.8 Å². The van der Waals surface area contributed by atoms with E-state index in [1.807, 2.05) is 13.8 Å². The monoisotopic (exact) mass is 298 g/mol. The number of hydrogen-bond donors (Lipinski definition) is 2. The number of aryl methyl sites for hydroxylation is 2.